The molecule has 0 radical (unpaired) electrons. The number of hydrogen-bond acceptors (Lipinski definition) is 8. The molecule has 3 rings (SSSR count). The average molecular weight is 461 g/mol. The van der Waals surface area contributed by atoms with Gasteiger partial charge in [0.2, 0.25) is 5.75 Å². The molecule has 0 bridgehead atoms. The zero-order valence-corrected chi connectivity index (χ0v) is 18.2. The molecule has 32 heavy (non-hydrogen) atoms. The monoisotopic (exact) mass is 461 g/mol. The molecule has 2 amide bonds. The molecule has 1 aromatic heterocycles. The van der Waals surface area contributed by atoms with E-state index in [1.54, 1.807) is 25.1 Å². The maximum absolute atomic E-state index is 13.9. The van der Waals surface area contributed by atoms with Gasteiger partial charge in [-0.2, -0.15) is 0 Å². The highest BCUT2D eigenvalue weighted by molar-refractivity contribution is 7.14. The van der Waals surface area contributed by atoms with E-state index in [1.165, 1.54) is 31.7 Å². The highest BCUT2D eigenvalue weighted by Gasteiger charge is 2.17. The maximum Gasteiger partial charge on any atom is 0.357 e. The van der Waals surface area contributed by atoms with Crippen LogP contribution in [0.3, 0.4) is 0 Å². The van der Waals surface area contributed by atoms with Crippen LogP contribution >= 0.6 is 11.3 Å². The van der Waals surface area contributed by atoms with Gasteiger partial charge in [-0.25, -0.2) is 19.0 Å². The minimum absolute atomic E-state index is 0.0644. The standard InChI is InChI=1S/C21H20FN3O6S/c1-4-30-19(26)14-11-32-21(24-14)25-20(27)23-13-10-12(22)8-9-15(13)31-17-7-5-6-16(28-2)18(17)29-3/h5-11H,4H2,1-3H3,(H2,23,24,25,27). The molecule has 0 aliphatic rings. The van der Waals surface area contributed by atoms with Crippen LogP contribution in [-0.2, 0) is 4.74 Å². The molecule has 1 heterocycles. The highest BCUT2D eigenvalue weighted by atomic mass is 32.1. The number of benzene rings is 2. The number of carbonyl (C=O) groups excluding carboxylic acids is 2. The van der Waals surface area contributed by atoms with Crippen molar-refractivity contribution in [1.29, 1.82) is 0 Å². The summed E-state index contributed by atoms with van der Waals surface area (Å²) in [4.78, 5) is 28.1. The minimum atomic E-state index is -0.706. The number of carbonyl (C=O) groups is 2. The molecule has 0 unspecified atom stereocenters. The minimum Gasteiger partial charge on any atom is -0.493 e. The second-order valence-electron chi connectivity index (χ2n) is 6.07. The van der Waals surface area contributed by atoms with Crippen molar-refractivity contribution in [3.05, 3.63) is 53.3 Å². The Bertz CT molecular complexity index is 1120. The molecule has 11 heteroatoms. The van der Waals surface area contributed by atoms with E-state index in [-0.39, 0.29) is 28.9 Å². The normalized spacial score (nSPS) is 10.2. The Morgan fingerprint density at radius 3 is 2.56 bits per heavy atom. The zero-order valence-electron chi connectivity index (χ0n) is 17.4. The molecule has 0 atom stereocenters. The second kappa shape index (κ2) is 10.4. The Hall–Kier alpha value is -3.86. The summed E-state index contributed by atoms with van der Waals surface area (Å²) in [5.41, 5.74) is 0.140. The largest absolute Gasteiger partial charge is 0.493 e. The van der Waals surface area contributed by atoms with E-state index < -0.39 is 17.8 Å². The van der Waals surface area contributed by atoms with Crippen molar-refractivity contribution >= 4 is 34.2 Å². The number of para-hydroxylation sites is 1. The zero-order chi connectivity index (χ0) is 23.1. The Morgan fingerprint density at radius 2 is 1.84 bits per heavy atom. The Kier molecular flexibility index (Phi) is 7.45. The Morgan fingerprint density at radius 1 is 1.06 bits per heavy atom. The predicted molar refractivity (Wildman–Crippen MR) is 117 cm³/mol. The number of anilines is 2. The van der Waals surface area contributed by atoms with E-state index in [9.17, 15) is 14.0 Å². The first-order chi connectivity index (χ1) is 15.4. The van der Waals surface area contributed by atoms with Crippen LogP contribution in [0.15, 0.2) is 41.8 Å². The van der Waals surface area contributed by atoms with Crippen molar-refractivity contribution in [3.63, 3.8) is 0 Å². The molecule has 0 spiro atoms. The summed E-state index contributed by atoms with van der Waals surface area (Å²) in [5, 5.41) is 6.62. The third-order valence-corrected chi connectivity index (χ3v) is 4.74. The van der Waals surface area contributed by atoms with Gasteiger partial charge in [0.05, 0.1) is 26.5 Å². The highest BCUT2D eigenvalue weighted by Crippen LogP contribution is 2.41. The van der Waals surface area contributed by atoms with Crippen LogP contribution in [0.4, 0.5) is 20.0 Å². The number of ether oxygens (including phenoxy) is 4. The van der Waals surface area contributed by atoms with Gasteiger partial charge in [-0.15, -0.1) is 11.3 Å². The molecule has 0 saturated carbocycles. The molecule has 0 saturated heterocycles. The molecule has 2 N–H and O–H groups in total. The third kappa shape index (κ3) is 5.43. The molecule has 0 aliphatic heterocycles. The first kappa shape index (κ1) is 22.8. The average Bonchev–Trinajstić information content (AvgIpc) is 3.24. The quantitative estimate of drug-likeness (QED) is 0.459. The van der Waals surface area contributed by atoms with Crippen molar-refractivity contribution in [2.75, 3.05) is 31.5 Å². The first-order valence-electron chi connectivity index (χ1n) is 9.34. The molecule has 0 aliphatic carbocycles. The lowest BCUT2D eigenvalue weighted by Gasteiger charge is -2.16. The molecular weight excluding hydrogens is 441 g/mol. The Labute approximate surface area is 187 Å². The van der Waals surface area contributed by atoms with Gasteiger partial charge in [-0.3, -0.25) is 5.32 Å². The van der Waals surface area contributed by atoms with Gasteiger partial charge in [0.15, 0.2) is 28.1 Å². The van der Waals surface area contributed by atoms with Gasteiger partial charge in [0.25, 0.3) is 0 Å². The van der Waals surface area contributed by atoms with E-state index in [0.717, 1.165) is 17.4 Å². The number of urea groups is 1. The van der Waals surface area contributed by atoms with E-state index in [0.29, 0.717) is 17.2 Å². The van der Waals surface area contributed by atoms with Crippen molar-refractivity contribution < 1.29 is 32.9 Å². The van der Waals surface area contributed by atoms with Gasteiger partial charge < -0.3 is 24.3 Å². The van der Waals surface area contributed by atoms with Crippen LogP contribution in [0.5, 0.6) is 23.0 Å². The summed E-state index contributed by atoms with van der Waals surface area (Å²) in [7, 11) is 2.95. The van der Waals surface area contributed by atoms with Crippen LogP contribution in [0, 0.1) is 5.82 Å². The summed E-state index contributed by atoms with van der Waals surface area (Å²) in [6.07, 6.45) is 0. The van der Waals surface area contributed by atoms with Crippen LogP contribution in [0.2, 0.25) is 0 Å². The van der Waals surface area contributed by atoms with Gasteiger partial charge >= 0.3 is 12.0 Å². The number of rotatable bonds is 8. The fourth-order valence-electron chi connectivity index (χ4n) is 2.63. The van der Waals surface area contributed by atoms with Gasteiger partial charge in [0, 0.05) is 11.4 Å². The first-order valence-corrected chi connectivity index (χ1v) is 10.2. The summed E-state index contributed by atoms with van der Waals surface area (Å²) in [6, 6.07) is 7.99. The summed E-state index contributed by atoms with van der Waals surface area (Å²) < 4.78 is 35.2. The third-order valence-electron chi connectivity index (χ3n) is 3.99. The second-order valence-corrected chi connectivity index (χ2v) is 6.93. The van der Waals surface area contributed by atoms with E-state index >= 15 is 0 Å². The topological polar surface area (TPSA) is 108 Å². The van der Waals surface area contributed by atoms with Crippen LogP contribution in [0.1, 0.15) is 17.4 Å². The number of thiazole rings is 1. The van der Waals surface area contributed by atoms with Crippen molar-refractivity contribution in [3.8, 4) is 23.0 Å². The van der Waals surface area contributed by atoms with E-state index in [1.807, 2.05) is 0 Å². The number of amides is 2. The number of nitrogens with one attached hydrogen (secondary N) is 2. The van der Waals surface area contributed by atoms with Crippen molar-refractivity contribution in [2.45, 2.75) is 6.92 Å². The predicted octanol–water partition coefficient (Wildman–Crippen LogP) is 4.91. The number of aromatic nitrogens is 1. The lowest BCUT2D eigenvalue weighted by molar-refractivity contribution is 0.0520. The molecule has 3 aromatic rings. The number of esters is 1. The Balaban J connectivity index is 1.77. The molecular formula is C21H20FN3O6S. The smallest absolute Gasteiger partial charge is 0.357 e. The lowest BCUT2D eigenvalue weighted by atomic mass is 10.2. The number of hydrogen-bond donors (Lipinski definition) is 2. The SMILES string of the molecule is CCOC(=O)c1csc(NC(=O)Nc2cc(F)ccc2Oc2cccc(OC)c2OC)n1. The molecule has 168 valence electrons. The van der Waals surface area contributed by atoms with Gasteiger partial charge in [0.1, 0.15) is 5.82 Å². The number of halogens is 1. The number of methoxy groups -OCH3 is 2. The summed E-state index contributed by atoms with van der Waals surface area (Å²) >= 11 is 1.04. The van der Waals surface area contributed by atoms with Crippen molar-refractivity contribution in [2.24, 2.45) is 0 Å². The van der Waals surface area contributed by atoms with Crippen molar-refractivity contribution in [1.82, 2.24) is 4.98 Å². The van der Waals surface area contributed by atoms with Gasteiger partial charge in [-0.1, -0.05) is 6.07 Å². The molecule has 2 aromatic carbocycles. The summed E-state index contributed by atoms with van der Waals surface area (Å²) in [6.45, 7) is 1.89. The fraction of sp³-hybridized carbons (Fsp3) is 0.190. The van der Waals surface area contributed by atoms with E-state index in [4.69, 9.17) is 18.9 Å². The van der Waals surface area contributed by atoms with E-state index in [2.05, 4.69) is 15.6 Å². The summed E-state index contributed by atoms with van der Waals surface area (Å²) in [5.74, 6) is 0.0827. The number of nitrogens with zero attached hydrogens (tertiary/aromatic N) is 1. The molecule has 9 nitrogen and oxygen atoms in total. The van der Waals surface area contributed by atoms with Crippen LogP contribution < -0.4 is 24.8 Å². The fourth-order valence-corrected chi connectivity index (χ4v) is 3.30. The molecule has 0 fully saturated rings. The van der Waals surface area contributed by atoms with Gasteiger partial charge in [-0.05, 0) is 31.2 Å². The van der Waals surface area contributed by atoms with Crippen LogP contribution in [0.25, 0.3) is 0 Å². The van der Waals surface area contributed by atoms with Crippen LogP contribution in [-0.4, -0.2) is 37.8 Å². The maximum atomic E-state index is 13.9. The lowest BCUT2D eigenvalue weighted by Crippen LogP contribution is -2.20.